The van der Waals surface area contributed by atoms with Gasteiger partial charge in [-0.1, -0.05) is 12.1 Å². The molecule has 1 aromatic heterocycles. The number of rotatable bonds is 2. The summed E-state index contributed by atoms with van der Waals surface area (Å²) in [5.41, 5.74) is 3.44. The Bertz CT molecular complexity index is 455. The van der Waals surface area contributed by atoms with Gasteiger partial charge in [-0.15, -0.1) is 0 Å². The van der Waals surface area contributed by atoms with E-state index in [4.69, 9.17) is 4.74 Å². The summed E-state index contributed by atoms with van der Waals surface area (Å²) in [6.07, 6.45) is 1.87. The fourth-order valence-corrected chi connectivity index (χ4v) is 1.73. The van der Waals surface area contributed by atoms with E-state index in [0.29, 0.717) is 0 Å². The molecule has 2 rings (SSSR count). The molecule has 1 aromatic carbocycles. The fourth-order valence-electron chi connectivity index (χ4n) is 1.73. The molecule has 3 nitrogen and oxygen atoms in total. The van der Waals surface area contributed by atoms with Crippen LogP contribution in [0.5, 0.6) is 5.75 Å². The second-order valence-electron chi connectivity index (χ2n) is 3.53. The van der Waals surface area contributed by atoms with Crippen LogP contribution in [-0.2, 0) is 7.05 Å². The van der Waals surface area contributed by atoms with Crippen molar-refractivity contribution in [2.45, 2.75) is 6.92 Å². The Hall–Kier alpha value is -1.77. The normalized spacial score (nSPS) is 10.3. The number of methoxy groups -OCH3 is 1. The standard InChI is InChI=1S/C12H14N2O/c1-9-8-13-14(2)12(9)10-5-4-6-11(7-10)15-3/h4-8H,1-3H3. The molecule has 0 aliphatic rings. The zero-order chi connectivity index (χ0) is 10.8. The lowest BCUT2D eigenvalue weighted by Crippen LogP contribution is -1.94. The predicted octanol–water partition coefficient (Wildman–Crippen LogP) is 2.40. The Morgan fingerprint density at radius 1 is 1.33 bits per heavy atom. The summed E-state index contributed by atoms with van der Waals surface area (Å²) in [6, 6.07) is 8.01. The van der Waals surface area contributed by atoms with E-state index in [1.807, 2.05) is 36.1 Å². The first-order valence-corrected chi connectivity index (χ1v) is 4.85. The van der Waals surface area contributed by atoms with E-state index >= 15 is 0 Å². The lowest BCUT2D eigenvalue weighted by atomic mass is 10.1. The number of benzene rings is 1. The van der Waals surface area contributed by atoms with Gasteiger partial charge in [-0.3, -0.25) is 4.68 Å². The van der Waals surface area contributed by atoms with Crippen LogP contribution in [0.3, 0.4) is 0 Å². The van der Waals surface area contributed by atoms with Gasteiger partial charge in [0, 0.05) is 12.6 Å². The maximum Gasteiger partial charge on any atom is 0.119 e. The van der Waals surface area contributed by atoms with Crippen molar-refractivity contribution >= 4 is 0 Å². The molecule has 0 saturated carbocycles. The molecule has 78 valence electrons. The molecule has 2 aromatic rings. The fraction of sp³-hybridized carbons (Fsp3) is 0.250. The van der Waals surface area contributed by atoms with Crippen molar-refractivity contribution in [1.29, 1.82) is 0 Å². The molecule has 0 fully saturated rings. The second-order valence-corrected chi connectivity index (χ2v) is 3.53. The SMILES string of the molecule is COc1cccc(-c2c(C)cnn2C)c1. The van der Waals surface area contributed by atoms with Crippen LogP contribution in [0.25, 0.3) is 11.3 Å². The highest BCUT2D eigenvalue weighted by Crippen LogP contribution is 2.25. The van der Waals surface area contributed by atoms with Crippen LogP contribution in [0, 0.1) is 6.92 Å². The average molecular weight is 202 g/mol. The van der Waals surface area contributed by atoms with E-state index in [1.165, 1.54) is 5.56 Å². The summed E-state index contributed by atoms with van der Waals surface area (Å²) >= 11 is 0. The molecule has 0 aliphatic carbocycles. The van der Waals surface area contributed by atoms with Crippen LogP contribution >= 0.6 is 0 Å². The Morgan fingerprint density at radius 3 is 2.73 bits per heavy atom. The van der Waals surface area contributed by atoms with Crippen molar-refractivity contribution in [3.8, 4) is 17.0 Å². The number of hydrogen-bond acceptors (Lipinski definition) is 2. The van der Waals surface area contributed by atoms with Crippen molar-refractivity contribution in [1.82, 2.24) is 9.78 Å². The third-order valence-corrected chi connectivity index (χ3v) is 2.46. The first kappa shape index (κ1) is 9.77. The van der Waals surface area contributed by atoms with E-state index in [2.05, 4.69) is 18.1 Å². The first-order valence-electron chi connectivity index (χ1n) is 4.85. The quantitative estimate of drug-likeness (QED) is 0.747. The summed E-state index contributed by atoms with van der Waals surface area (Å²) in [7, 11) is 3.62. The third kappa shape index (κ3) is 1.73. The lowest BCUT2D eigenvalue weighted by molar-refractivity contribution is 0.415. The minimum atomic E-state index is 0.869. The number of hydrogen-bond donors (Lipinski definition) is 0. The lowest BCUT2D eigenvalue weighted by Gasteiger charge is -2.06. The van der Waals surface area contributed by atoms with Gasteiger partial charge in [0.05, 0.1) is 19.0 Å². The molecule has 0 N–H and O–H groups in total. The van der Waals surface area contributed by atoms with Crippen molar-refractivity contribution in [3.05, 3.63) is 36.0 Å². The van der Waals surface area contributed by atoms with E-state index in [0.717, 1.165) is 17.0 Å². The van der Waals surface area contributed by atoms with E-state index in [1.54, 1.807) is 7.11 Å². The molecule has 0 saturated heterocycles. The topological polar surface area (TPSA) is 27.1 Å². The van der Waals surface area contributed by atoms with E-state index < -0.39 is 0 Å². The summed E-state index contributed by atoms with van der Waals surface area (Å²) in [6.45, 7) is 2.06. The van der Waals surface area contributed by atoms with Crippen LogP contribution in [0.1, 0.15) is 5.56 Å². The molecule has 0 spiro atoms. The molecule has 0 radical (unpaired) electrons. The van der Waals surface area contributed by atoms with Crippen LogP contribution in [0.2, 0.25) is 0 Å². The summed E-state index contributed by atoms with van der Waals surface area (Å²) in [5, 5.41) is 4.22. The molecule has 3 heteroatoms. The Balaban J connectivity index is 2.53. The van der Waals surface area contributed by atoms with Crippen molar-refractivity contribution < 1.29 is 4.74 Å². The molecular weight excluding hydrogens is 188 g/mol. The van der Waals surface area contributed by atoms with Gasteiger partial charge >= 0.3 is 0 Å². The first-order chi connectivity index (χ1) is 7.22. The Morgan fingerprint density at radius 2 is 2.13 bits per heavy atom. The molecule has 0 unspecified atom stereocenters. The van der Waals surface area contributed by atoms with Crippen LogP contribution in [0.15, 0.2) is 30.5 Å². The van der Waals surface area contributed by atoms with Gasteiger partial charge in [-0.2, -0.15) is 5.10 Å². The van der Waals surface area contributed by atoms with Crippen LogP contribution in [0.4, 0.5) is 0 Å². The highest BCUT2D eigenvalue weighted by Gasteiger charge is 2.07. The molecule has 0 aliphatic heterocycles. The summed E-state index contributed by atoms with van der Waals surface area (Å²) in [5.74, 6) is 0.869. The van der Waals surface area contributed by atoms with Gasteiger partial charge in [0.1, 0.15) is 5.75 Å². The maximum atomic E-state index is 5.20. The van der Waals surface area contributed by atoms with Crippen LogP contribution < -0.4 is 4.74 Å². The van der Waals surface area contributed by atoms with Crippen LogP contribution in [-0.4, -0.2) is 16.9 Å². The monoisotopic (exact) mass is 202 g/mol. The number of nitrogens with zero attached hydrogens (tertiary/aromatic N) is 2. The molecule has 0 atom stereocenters. The smallest absolute Gasteiger partial charge is 0.119 e. The zero-order valence-corrected chi connectivity index (χ0v) is 9.19. The number of ether oxygens (including phenoxy) is 1. The third-order valence-electron chi connectivity index (χ3n) is 2.46. The molecule has 1 heterocycles. The molecule has 0 amide bonds. The summed E-state index contributed by atoms with van der Waals surface area (Å²) < 4.78 is 7.08. The number of aryl methyl sites for hydroxylation is 2. The van der Waals surface area contributed by atoms with Gasteiger partial charge in [-0.05, 0) is 24.6 Å². The van der Waals surface area contributed by atoms with Gasteiger partial charge in [0.2, 0.25) is 0 Å². The van der Waals surface area contributed by atoms with E-state index in [9.17, 15) is 0 Å². The minimum absolute atomic E-state index is 0.869. The van der Waals surface area contributed by atoms with Gasteiger partial charge < -0.3 is 4.74 Å². The zero-order valence-electron chi connectivity index (χ0n) is 9.19. The largest absolute Gasteiger partial charge is 0.497 e. The van der Waals surface area contributed by atoms with Gasteiger partial charge in [0.15, 0.2) is 0 Å². The highest BCUT2D eigenvalue weighted by molar-refractivity contribution is 5.64. The Labute approximate surface area is 89.3 Å². The summed E-state index contributed by atoms with van der Waals surface area (Å²) in [4.78, 5) is 0. The maximum absolute atomic E-state index is 5.20. The van der Waals surface area contributed by atoms with Gasteiger partial charge in [-0.25, -0.2) is 0 Å². The van der Waals surface area contributed by atoms with Crippen molar-refractivity contribution in [2.24, 2.45) is 7.05 Å². The van der Waals surface area contributed by atoms with Gasteiger partial charge in [0.25, 0.3) is 0 Å². The minimum Gasteiger partial charge on any atom is -0.497 e. The molecule has 15 heavy (non-hydrogen) atoms. The van der Waals surface area contributed by atoms with Crippen molar-refractivity contribution in [2.75, 3.05) is 7.11 Å². The predicted molar refractivity (Wildman–Crippen MR) is 59.9 cm³/mol. The number of aromatic nitrogens is 2. The second kappa shape index (κ2) is 3.77. The van der Waals surface area contributed by atoms with E-state index in [-0.39, 0.29) is 0 Å². The Kier molecular flexibility index (Phi) is 2.46. The molecular formula is C12H14N2O. The van der Waals surface area contributed by atoms with Crippen molar-refractivity contribution in [3.63, 3.8) is 0 Å². The molecule has 0 bridgehead atoms. The highest BCUT2D eigenvalue weighted by atomic mass is 16.5. The average Bonchev–Trinajstić information content (AvgIpc) is 2.59.